The van der Waals surface area contributed by atoms with Crippen LogP contribution < -0.4 is 5.73 Å². The molecule has 0 saturated heterocycles. The van der Waals surface area contributed by atoms with Gasteiger partial charge in [-0.25, -0.2) is 13.2 Å². The average molecular weight is 270 g/mol. The van der Waals surface area contributed by atoms with Crippen molar-refractivity contribution in [3.05, 3.63) is 35.1 Å². The monoisotopic (exact) mass is 269 g/mol. The number of hydrogen-bond acceptors (Lipinski definition) is 2. The highest BCUT2D eigenvalue weighted by molar-refractivity contribution is 5.85. The van der Waals surface area contributed by atoms with Gasteiger partial charge in [0.15, 0.2) is 17.5 Å². The predicted molar refractivity (Wildman–Crippen MR) is 57.4 cm³/mol. The molecule has 1 unspecified atom stereocenters. The summed E-state index contributed by atoms with van der Waals surface area (Å²) in [6.45, 7) is -0.157. The van der Waals surface area contributed by atoms with Crippen molar-refractivity contribution in [3.63, 3.8) is 0 Å². The van der Waals surface area contributed by atoms with Crippen molar-refractivity contribution in [2.45, 2.75) is 6.42 Å². The zero-order chi connectivity index (χ0) is 12.3. The summed E-state index contributed by atoms with van der Waals surface area (Å²) >= 11 is 0. The molecule has 1 rings (SSSR count). The zero-order valence-corrected chi connectivity index (χ0v) is 9.44. The van der Waals surface area contributed by atoms with Gasteiger partial charge in [0.1, 0.15) is 0 Å². The van der Waals surface area contributed by atoms with E-state index in [1.165, 1.54) is 0 Å². The van der Waals surface area contributed by atoms with Crippen LogP contribution in [-0.2, 0) is 11.2 Å². The van der Waals surface area contributed by atoms with Gasteiger partial charge >= 0.3 is 5.97 Å². The first-order valence-corrected chi connectivity index (χ1v) is 4.52. The fourth-order valence-electron chi connectivity index (χ4n) is 1.28. The van der Waals surface area contributed by atoms with E-state index in [2.05, 4.69) is 0 Å². The molecular formula is C10H11ClF3NO2. The number of carboxylic acids is 1. The van der Waals surface area contributed by atoms with E-state index in [9.17, 15) is 18.0 Å². The number of benzene rings is 1. The van der Waals surface area contributed by atoms with Gasteiger partial charge in [-0.2, -0.15) is 0 Å². The van der Waals surface area contributed by atoms with E-state index in [1.807, 2.05) is 0 Å². The van der Waals surface area contributed by atoms with Crippen molar-refractivity contribution in [1.29, 1.82) is 0 Å². The molecule has 0 saturated carbocycles. The maximum Gasteiger partial charge on any atom is 0.308 e. The van der Waals surface area contributed by atoms with Crippen LogP contribution in [0, 0.1) is 23.4 Å². The number of aliphatic carboxylic acids is 1. The predicted octanol–water partition coefficient (Wildman–Crippen LogP) is 1.73. The minimum atomic E-state index is -1.57. The highest BCUT2D eigenvalue weighted by Gasteiger charge is 2.18. The fourth-order valence-corrected chi connectivity index (χ4v) is 1.28. The second kappa shape index (κ2) is 6.46. The van der Waals surface area contributed by atoms with Crippen molar-refractivity contribution in [2.75, 3.05) is 6.54 Å². The van der Waals surface area contributed by atoms with Crippen molar-refractivity contribution in [1.82, 2.24) is 0 Å². The molecule has 0 heterocycles. The van der Waals surface area contributed by atoms with E-state index < -0.39 is 29.3 Å². The average Bonchev–Trinajstić information content (AvgIpc) is 2.21. The molecular weight excluding hydrogens is 259 g/mol. The maximum atomic E-state index is 12.8. The van der Waals surface area contributed by atoms with Crippen LogP contribution in [0.2, 0.25) is 0 Å². The van der Waals surface area contributed by atoms with Gasteiger partial charge in [-0.05, 0) is 24.1 Å². The first kappa shape index (κ1) is 15.7. The molecule has 1 aromatic carbocycles. The van der Waals surface area contributed by atoms with Gasteiger partial charge in [-0.1, -0.05) is 0 Å². The van der Waals surface area contributed by atoms with Gasteiger partial charge in [-0.15, -0.1) is 12.4 Å². The number of rotatable bonds is 4. The molecule has 0 aliphatic heterocycles. The summed E-state index contributed by atoms with van der Waals surface area (Å²) < 4.78 is 38.2. The molecule has 0 aromatic heterocycles. The van der Waals surface area contributed by atoms with Gasteiger partial charge in [0.05, 0.1) is 5.92 Å². The lowest BCUT2D eigenvalue weighted by molar-refractivity contribution is -0.141. The fraction of sp³-hybridized carbons (Fsp3) is 0.300. The summed E-state index contributed by atoms with van der Waals surface area (Å²) in [4.78, 5) is 10.6. The first-order chi connectivity index (χ1) is 7.45. The van der Waals surface area contributed by atoms with Crippen molar-refractivity contribution in [2.24, 2.45) is 11.7 Å². The Labute approximate surface area is 102 Å². The van der Waals surface area contributed by atoms with E-state index in [0.717, 1.165) is 12.1 Å². The molecule has 0 radical (unpaired) electrons. The topological polar surface area (TPSA) is 63.3 Å². The van der Waals surface area contributed by atoms with Crippen LogP contribution in [0.3, 0.4) is 0 Å². The molecule has 0 fully saturated rings. The molecule has 0 bridgehead atoms. The summed E-state index contributed by atoms with van der Waals surface area (Å²) in [7, 11) is 0. The normalized spacial score (nSPS) is 11.8. The number of carbonyl (C=O) groups is 1. The van der Waals surface area contributed by atoms with Gasteiger partial charge in [0, 0.05) is 6.54 Å². The highest BCUT2D eigenvalue weighted by Crippen LogP contribution is 2.16. The lowest BCUT2D eigenvalue weighted by Crippen LogP contribution is -2.25. The lowest BCUT2D eigenvalue weighted by atomic mass is 9.99. The Kier molecular flexibility index (Phi) is 5.98. The highest BCUT2D eigenvalue weighted by atomic mass is 35.5. The van der Waals surface area contributed by atoms with E-state index in [4.69, 9.17) is 10.8 Å². The number of halogens is 4. The quantitative estimate of drug-likeness (QED) is 0.818. The minimum absolute atomic E-state index is 0. The van der Waals surface area contributed by atoms with Crippen LogP contribution in [0.15, 0.2) is 12.1 Å². The zero-order valence-electron chi connectivity index (χ0n) is 8.62. The largest absolute Gasteiger partial charge is 0.481 e. The molecule has 0 aliphatic rings. The van der Waals surface area contributed by atoms with Gasteiger partial charge in [-0.3, -0.25) is 4.79 Å². The Bertz CT molecular complexity index is 392. The molecule has 96 valence electrons. The van der Waals surface area contributed by atoms with Crippen LogP contribution in [0.1, 0.15) is 5.56 Å². The Balaban J connectivity index is 0.00000256. The van der Waals surface area contributed by atoms with Gasteiger partial charge in [0.25, 0.3) is 0 Å². The van der Waals surface area contributed by atoms with Crippen LogP contribution in [-0.4, -0.2) is 17.6 Å². The van der Waals surface area contributed by atoms with E-state index in [-0.39, 0.29) is 30.9 Å². The molecule has 0 spiro atoms. The Morgan fingerprint density at radius 2 is 1.76 bits per heavy atom. The summed E-state index contributed by atoms with van der Waals surface area (Å²) in [6.07, 6.45) is -0.139. The lowest BCUT2D eigenvalue weighted by Gasteiger charge is -2.09. The van der Waals surface area contributed by atoms with Gasteiger partial charge in [0.2, 0.25) is 0 Å². The van der Waals surface area contributed by atoms with E-state index >= 15 is 0 Å². The third-order valence-electron chi connectivity index (χ3n) is 2.16. The summed E-state index contributed by atoms with van der Waals surface area (Å²) in [5.41, 5.74) is 5.25. The molecule has 7 heteroatoms. The summed E-state index contributed by atoms with van der Waals surface area (Å²) in [5.74, 6) is -6.34. The van der Waals surface area contributed by atoms with Crippen molar-refractivity contribution in [3.8, 4) is 0 Å². The van der Waals surface area contributed by atoms with E-state index in [1.54, 1.807) is 0 Å². The maximum absolute atomic E-state index is 12.8. The molecule has 1 aromatic rings. The van der Waals surface area contributed by atoms with E-state index in [0.29, 0.717) is 0 Å². The second-order valence-corrected chi connectivity index (χ2v) is 3.35. The third kappa shape index (κ3) is 3.90. The molecule has 0 amide bonds. The second-order valence-electron chi connectivity index (χ2n) is 3.35. The SMILES string of the molecule is Cl.NCC(Cc1cc(F)c(F)c(F)c1)C(=O)O. The molecule has 3 nitrogen and oxygen atoms in total. The molecule has 1 atom stereocenters. The van der Waals surface area contributed by atoms with Crippen LogP contribution in [0.5, 0.6) is 0 Å². The standard InChI is InChI=1S/C10H10F3NO2.ClH/c11-7-2-5(3-8(12)9(7)13)1-6(4-14)10(15)16;/h2-3,6H,1,4,14H2,(H,15,16);1H. The van der Waals surface area contributed by atoms with Crippen LogP contribution in [0.4, 0.5) is 13.2 Å². The smallest absolute Gasteiger partial charge is 0.308 e. The minimum Gasteiger partial charge on any atom is -0.481 e. The third-order valence-corrected chi connectivity index (χ3v) is 2.16. The Morgan fingerprint density at radius 3 is 2.12 bits per heavy atom. The Hall–Kier alpha value is -1.27. The van der Waals surface area contributed by atoms with Crippen LogP contribution in [0.25, 0.3) is 0 Å². The molecule has 17 heavy (non-hydrogen) atoms. The summed E-state index contributed by atoms with van der Waals surface area (Å²) in [6, 6.07) is 1.54. The number of nitrogens with two attached hydrogens (primary N) is 1. The number of hydrogen-bond donors (Lipinski definition) is 2. The summed E-state index contributed by atoms with van der Waals surface area (Å²) in [5, 5.41) is 8.69. The molecule has 0 aliphatic carbocycles. The van der Waals surface area contributed by atoms with Crippen LogP contribution >= 0.6 is 12.4 Å². The first-order valence-electron chi connectivity index (χ1n) is 4.52. The molecule has 3 N–H and O–H groups in total. The van der Waals surface area contributed by atoms with Crippen molar-refractivity contribution < 1.29 is 23.1 Å². The van der Waals surface area contributed by atoms with Gasteiger partial charge < -0.3 is 10.8 Å². The number of carboxylic acid groups (broad SMARTS) is 1. The van der Waals surface area contributed by atoms with Crippen molar-refractivity contribution >= 4 is 18.4 Å². The Morgan fingerprint density at radius 1 is 1.29 bits per heavy atom.